The smallest absolute Gasteiger partial charge is 0.315 e. The molecule has 3 rings (SSSR count). The molecule has 17 nitrogen and oxygen atoms in total. The molecule has 342 valence electrons. The first-order valence-electron chi connectivity index (χ1n) is 21.8. The van der Waals surface area contributed by atoms with Crippen LogP contribution in [0.4, 0.5) is 4.79 Å². The lowest BCUT2D eigenvalue weighted by molar-refractivity contribution is -0.299. The fourth-order valence-corrected chi connectivity index (χ4v) is 9.79. The van der Waals surface area contributed by atoms with Gasteiger partial charge in [0.1, 0.15) is 36.8 Å². The van der Waals surface area contributed by atoms with Crippen LogP contribution in [-0.4, -0.2) is 138 Å². The molecule has 1 unspecified atom stereocenters. The normalized spacial score (nSPS) is 25.8. The number of aliphatic hydroxyl groups excluding tert-OH is 3. The Balaban J connectivity index is 1.25. The zero-order chi connectivity index (χ0) is 43.0. The molecule has 3 fully saturated rings. The number of rotatable bonds is 32. The summed E-state index contributed by atoms with van der Waals surface area (Å²) in [5.41, 5.74) is 0. The van der Waals surface area contributed by atoms with Gasteiger partial charge in [-0.25, -0.2) is 4.79 Å². The van der Waals surface area contributed by atoms with Crippen LogP contribution in [0.1, 0.15) is 142 Å². The molecule has 0 aromatic heterocycles. The second-order valence-electron chi connectivity index (χ2n) is 16.1. The summed E-state index contributed by atoms with van der Waals surface area (Å²) in [7, 11) is -4.73. The van der Waals surface area contributed by atoms with Crippen LogP contribution in [0, 0.1) is 0 Å². The van der Waals surface area contributed by atoms with Gasteiger partial charge in [0.25, 0.3) is 10.1 Å². The number of thioether (sulfide) groups is 1. The monoisotopic (exact) mass is 881 g/mol. The lowest BCUT2D eigenvalue weighted by Crippen LogP contribution is -2.61. The molecule has 3 aliphatic rings. The molecular formula is C40H71N3O14S2. The first-order valence-corrected chi connectivity index (χ1v) is 24.5. The third-order valence-corrected chi connectivity index (χ3v) is 13.1. The van der Waals surface area contributed by atoms with E-state index in [1.807, 2.05) is 0 Å². The van der Waals surface area contributed by atoms with Crippen LogP contribution in [0.5, 0.6) is 0 Å². The Labute approximate surface area is 354 Å². The first kappa shape index (κ1) is 51.1. The van der Waals surface area contributed by atoms with Crippen molar-refractivity contribution in [3.05, 3.63) is 0 Å². The van der Waals surface area contributed by atoms with Gasteiger partial charge in [-0.2, -0.15) is 20.2 Å². The highest BCUT2D eigenvalue weighted by Gasteiger charge is 2.49. The average Bonchev–Trinajstić information content (AvgIpc) is 3.74. The molecule has 19 heteroatoms. The highest BCUT2D eigenvalue weighted by atomic mass is 32.2. The van der Waals surface area contributed by atoms with E-state index in [-0.39, 0.29) is 55.1 Å². The van der Waals surface area contributed by atoms with Crippen molar-refractivity contribution in [2.75, 3.05) is 31.3 Å². The summed E-state index contributed by atoms with van der Waals surface area (Å²) in [5.74, 6) is -1.97. The zero-order valence-corrected chi connectivity index (χ0v) is 36.4. The standard InChI is InChI=1S/C40H71N3O14S2/c1-2-3-4-5-6-7-8-9-10-11-12-13-14-15-16-21-33(46)54-24-28(44)25-55-39-37(49)36(48)38(30(56-39)27-59(51,52)53)57-34(47)22-23-41-32(45)20-18-17-19-31-35-29(26-58-31)42-40(50)43-35/h28-31,35-39,44,48-49H,2-27H2,1H3,(H,41,45)(H2,42,43,50)(H,51,52,53)/t28?,29-,30+,31-,35-,36+,37+,38+,39-/m0/s1. The summed E-state index contributed by atoms with van der Waals surface area (Å²) in [6.45, 7) is 1.19. The largest absolute Gasteiger partial charge is 0.463 e. The van der Waals surface area contributed by atoms with Gasteiger partial charge < -0.3 is 50.2 Å². The number of aliphatic hydroxyl groups is 3. The highest BCUT2D eigenvalue weighted by Crippen LogP contribution is 2.33. The number of esters is 2. The maximum Gasteiger partial charge on any atom is 0.315 e. The quantitative estimate of drug-likeness (QED) is 0.0220. The topological polar surface area (TPSA) is 256 Å². The number of unbranched alkanes of at least 4 members (excludes halogenated alkanes) is 15. The molecule has 3 saturated heterocycles. The minimum Gasteiger partial charge on any atom is -0.463 e. The molecule has 59 heavy (non-hydrogen) atoms. The second kappa shape index (κ2) is 28.4. The van der Waals surface area contributed by atoms with Gasteiger partial charge in [0.2, 0.25) is 5.91 Å². The number of nitrogens with one attached hydrogen (secondary N) is 3. The minimum absolute atomic E-state index is 0.0891. The van der Waals surface area contributed by atoms with E-state index in [0.29, 0.717) is 12.8 Å². The lowest BCUT2D eigenvalue weighted by atomic mass is 9.99. The van der Waals surface area contributed by atoms with Gasteiger partial charge >= 0.3 is 18.0 Å². The van der Waals surface area contributed by atoms with Crippen LogP contribution in [-0.2, 0) is 43.4 Å². The summed E-state index contributed by atoms with van der Waals surface area (Å²) in [4.78, 5) is 48.7. The van der Waals surface area contributed by atoms with Gasteiger partial charge in [-0.3, -0.25) is 18.9 Å². The van der Waals surface area contributed by atoms with Crippen molar-refractivity contribution in [1.82, 2.24) is 16.0 Å². The molecule has 0 bridgehead atoms. The predicted octanol–water partition coefficient (Wildman–Crippen LogP) is 3.65. The summed E-state index contributed by atoms with van der Waals surface area (Å²) in [5, 5.41) is 40.5. The highest BCUT2D eigenvalue weighted by molar-refractivity contribution is 8.00. The van der Waals surface area contributed by atoms with Gasteiger partial charge in [0, 0.05) is 30.4 Å². The van der Waals surface area contributed by atoms with E-state index in [9.17, 15) is 47.5 Å². The molecule has 7 N–H and O–H groups in total. The van der Waals surface area contributed by atoms with Crippen molar-refractivity contribution >= 4 is 45.8 Å². The Kier molecular flexibility index (Phi) is 24.6. The van der Waals surface area contributed by atoms with Crippen LogP contribution in [0.15, 0.2) is 0 Å². The molecule has 0 spiro atoms. The van der Waals surface area contributed by atoms with Gasteiger partial charge in [-0.1, -0.05) is 103 Å². The van der Waals surface area contributed by atoms with Crippen molar-refractivity contribution in [2.24, 2.45) is 0 Å². The lowest BCUT2D eigenvalue weighted by Gasteiger charge is -2.41. The zero-order valence-electron chi connectivity index (χ0n) is 34.8. The molecule has 3 aliphatic heterocycles. The Hall–Kier alpha value is -2.26. The third-order valence-electron chi connectivity index (χ3n) is 10.9. The molecule has 0 saturated carbocycles. The Morgan fingerprint density at radius 3 is 2.07 bits per heavy atom. The van der Waals surface area contributed by atoms with Crippen molar-refractivity contribution in [1.29, 1.82) is 0 Å². The maximum absolute atomic E-state index is 12.6. The molecular weight excluding hydrogens is 811 g/mol. The number of carbonyl (C=O) groups is 4. The molecule has 0 aromatic rings. The van der Waals surface area contributed by atoms with E-state index in [1.165, 1.54) is 70.6 Å². The molecule has 0 aromatic carbocycles. The van der Waals surface area contributed by atoms with Crippen LogP contribution < -0.4 is 16.0 Å². The Morgan fingerprint density at radius 2 is 1.44 bits per heavy atom. The number of carbonyl (C=O) groups excluding carboxylic acids is 4. The summed E-state index contributed by atoms with van der Waals surface area (Å²) >= 11 is 1.79. The van der Waals surface area contributed by atoms with Gasteiger partial charge in [-0.05, 0) is 19.3 Å². The Bertz CT molecular complexity index is 1360. The number of fused-ring (bicyclic) bond motifs is 1. The van der Waals surface area contributed by atoms with Crippen molar-refractivity contribution in [2.45, 2.75) is 196 Å². The SMILES string of the molecule is CCCCCCCCCCCCCCCCCC(=O)OCC(O)CO[C@H]1O[C@H](CS(=O)(=O)O)[C@@H](OC(=O)CCNC(=O)CCCC[C@@H]2SC[C@@H]3NC(=O)N[C@@H]32)[C@H](O)[C@H]1O. The van der Waals surface area contributed by atoms with E-state index in [0.717, 1.165) is 37.9 Å². The summed E-state index contributed by atoms with van der Waals surface area (Å²) < 4.78 is 54.2. The second-order valence-corrected chi connectivity index (χ2v) is 18.8. The number of amides is 3. The van der Waals surface area contributed by atoms with E-state index in [2.05, 4.69) is 22.9 Å². The first-order chi connectivity index (χ1) is 28.3. The van der Waals surface area contributed by atoms with Crippen molar-refractivity contribution in [3.63, 3.8) is 0 Å². The number of hydrogen-bond acceptors (Lipinski definition) is 14. The molecule has 3 amide bonds. The maximum atomic E-state index is 12.6. The molecule has 3 heterocycles. The number of ether oxygens (including phenoxy) is 4. The third kappa shape index (κ3) is 20.9. The van der Waals surface area contributed by atoms with E-state index < -0.39 is 77.8 Å². The van der Waals surface area contributed by atoms with Crippen molar-refractivity contribution < 1.29 is 66.4 Å². The minimum atomic E-state index is -4.73. The number of urea groups is 1. The molecule has 9 atom stereocenters. The fourth-order valence-electron chi connectivity index (χ4n) is 7.56. The van der Waals surface area contributed by atoms with E-state index in [4.69, 9.17) is 18.9 Å². The predicted molar refractivity (Wildman–Crippen MR) is 221 cm³/mol. The van der Waals surface area contributed by atoms with Gasteiger partial charge in [0.15, 0.2) is 12.4 Å². The van der Waals surface area contributed by atoms with Gasteiger partial charge in [-0.15, -0.1) is 0 Å². The van der Waals surface area contributed by atoms with Crippen LogP contribution in [0.25, 0.3) is 0 Å². The summed E-state index contributed by atoms with van der Waals surface area (Å²) in [6.07, 6.45) is 10.2. The molecule has 0 aliphatic carbocycles. The molecule has 0 radical (unpaired) electrons. The summed E-state index contributed by atoms with van der Waals surface area (Å²) in [6, 6.07) is 0.0663. The Morgan fingerprint density at radius 1 is 0.831 bits per heavy atom. The van der Waals surface area contributed by atoms with E-state index >= 15 is 0 Å². The van der Waals surface area contributed by atoms with Crippen molar-refractivity contribution in [3.8, 4) is 0 Å². The van der Waals surface area contributed by atoms with E-state index in [1.54, 1.807) is 11.8 Å². The number of hydrogen-bond donors (Lipinski definition) is 7. The van der Waals surface area contributed by atoms with Crippen LogP contribution in [0.2, 0.25) is 0 Å². The van der Waals surface area contributed by atoms with Crippen LogP contribution in [0.3, 0.4) is 0 Å². The van der Waals surface area contributed by atoms with Crippen LogP contribution >= 0.6 is 11.8 Å². The fraction of sp³-hybridized carbons (Fsp3) is 0.900. The van der Waals surface area contributed by atoms with Gasteiger partial charge in [0.05, 0.1) is 25.1 Å². The average molecular weight is 882 g/mol.